The summed E-state index contributed by atoms with van der Waals surface area (Å²) in [5.74, 6) is 3.28. The topological polar surface area (TPSA) is 3.24 Å². The van der Waals surface area contributed by atoms with Crippen molar-refractivity contribution in [3.8, 4) is 0 Å². The van der Waals surface area contributed by atoms with Gasteiger partial charge in [-0.3, -0.25) is 0 Å². The van der Waals surface area contributed by atoms with Crippen molar-refractivity contribution in [1.82, 2.24) is 4.90 Å². The highest BCUT2D eigenvalue weighted by molar-refractivity contribution is 7.99. The van der Waals surface area contributed by atoms with Crippen molar-refractivity contribution in [1.29, 1.82) is 0 Å². The normalized spacial score (nSPS) is 18.7. The van der Waals surface area contributed by atoms with Crippen LogP contribution in [0.1, 0.15) is 30.9 Å². The van der Waals surface area contributed by atoms with E-state index in [1.807, 2.05) is 0 Å². The number of hydrogen-bond donors (Lipinski definition) is 0. The summed E-state index contributed by atoms with van der Waals surface area (Å²) >= 11 is 2.11. The summed E-state index contributed by atoms with van der Waals surface area (Å²) in [7, 11) is -0.644. The molecule has 1 aromatic rings. The van der Waals surface area contributed by atoms with E-state index in [2.05, 4.69) is 67.9 Å². The number of thioether (sulfide) groups is 1. The van der Waals surface area contributed by atoms with Gasteiger partial charge in [0.1, 0.15) is 0 Å². The molecule has 0 radical (unpaired) electrons. The zero-order valence-electron chi connectivity index (χ0n) is 13.4. The predicted molar refractivity (Wildman–Crippen MR) is 95.8 cm³/mol. The van der Waals surface area contributed by atoms with Gasteiger partial charge in [-0.15, -0.1) is 0 Å². The summed E-state index contributed by atoms with van der Waals surface area (Å²) in [5, 5.41) is 0. The summed E-state index contributed by atoms with van der Waals surface area (Å²) < 4.78 is 0. The fourth-order valence-electron chi connectivity index (χ4n) is 2.98. The van der Waals surface area contributed by atoms with Crippen LogP contribution in [0.3, 0.4) is 0 Å². The molecular formula is C17H29NSSi. The Bertz CT molecular complexity index is 396. The lowest BCUT2D eigenvalue weighted by Gasteiger charge is -2.36. The van der Waals surface area contributed by atoms with Gasteiger partial charge in [0, 0.05) is 30.3 Å². The van der Waals surface area contributed by atoms with Gasteiger partial charge in [-0.05, 0) is 23.5 Å². The van der Waals surface area contributed by atoms with E-state index in [-0.39, 0.29) is 0 Å². The molecule has 1 nitrogen and oxygen atoms in total. The molecule has 0 N–H and O–H groups in total. The molecule has 1 aliphatic rings. The highest BCUT2D eigenvalue weighted by atomic mass is 32.2. The Balaban J connectivity index is 2.03. The second-order valence-corrected chi connectivity index (χ2v) is 11.0. The van der Waals surface area contributed by atoms with Gasteiger partial charge < -0.3 is 4.90 Å². The van der Waals surface area contributed by atoms with Crippen molar-refractivity contribution >= 4 is 20.6 Å². The van der Waals surface area contributed by atoms with Gasteiger partial charge in [0.05, 0.1) is 8.80 Å². The molecule has 0 amide bonds. The minimum Gasteiger partial charge on any atom is -0.302 e. The second kappa shape index (κ2) is 7.67. The van der Waals surface area contributed by atoms with Crippen LogP contribution in [0.5, 0.6) is 0 Å². The van der Waals surface area contributed by atoms with Crippen LogP contribution >= 0.6 is 11.8 Å². The van der Waals surface area contributed by atoms with Gasteiger partial charge in [-0.25, -0.2) is 0 Å². The molecule has 112 valence electrons. The average Bonchev–Trinajstić information content (AvgIpc) is 2.46. The molecule has 1 heterocycles. The van der Waals surface area contributed by atoms with Crippen LogP contribution in [0.15, 0.2) is 24.3 Å². The standard InChI is InChI=1S/C17H29NSSi/c1-14(2)16-7-5-15(6-8-16)13-17(20(3)4)18-9-11-19-12-10-18/h5-8,14,17,20H,9-13H2,1-4H3. The van der Waals surface area contributed by atoms with Gasteiger partial charge in [0.2, 0.25) is 0 Å². The molecule has 1 unspecified atom stereocenters. The third-order valence-corrected chi connectivity index (χ3v) is 7.51. The fraction of sp³-hybridized carbons (Fsp3) is 0.647. The first kappa shape index (κ1) is 16.1. The second-order valence-electron chi connectivity index (χ2n) is 6.56. The Hall–Kier alpha value is -0.253. The summed E-state index contributed by atoms with van der Waals surface area (Å²) in [5.41, 5.74) is 3.82. The minimum atomic E-state index is -0.644. The maximum atomic E-state index is 2.77. The first-order valence-electron chi connectivity index (χ1n) is 7.98. The third-order valence-electron chi connectivity index (χ3n) is 4.38. The van der Waals surface area contributed by atoms with Crippen LogP contribution in [0, 0.1) is 0 Å². The maximum absolute atomic E-state index is 2.77. The van der Waals surface area contributed by atoms with E-state index in [1.165, 1.54) is 42.1 Å². The molecule has 1 aromatic carbocycles. The fourth-order valence-corrected chi connectivity index (χ4v) is 5.79. The molecule has 3 heteroatoms. The van der Waals surface area contributed by atoms with Crippen molar-refractivity contribution in [3.63, 3.8) is 0 Å². The number of benzene rings is 1. The largest absolute Gasteiger partial charge is 0.302 e. The van der Waals surface area contributed by atoms with Crippen molar-refractivity contribution in [3.05, 3.63) is 35.4 Å². The number of hydrogen-bond acceptors (Lipinski definition) is 2. The molecule has 0 spiro atoms. The highest BCUT2D eigenvalue weighted by Crippen LogP contribution is 2.20. The van der Waals surface area contributed by atoms with Gasteiger partial charge in [-0.2, -0.15) is 11.8 Å². The molecule has 0 aromatic heterocycles. The van der Waals surface area contributed by atoms with E-state index in [1.54, 1.807) is 0 Å². The first-order valence-corrected chi connectivity index (χ1v) is 12.1. The van der Waals surface area contributed by atoms with E-state index in [9.17, 15) is 0 Å². The Kier molecular flexibility index (Phi) is 6.18. The SMILES string of the molecule is CC(C)c1ccc(CC(N2CCSCC2)[SiH](C)C)cc1. The number of rotatable bonds is 5. The Morgan fingerprint density at radius 2 is 1.70 bits per heavy atom. The maximum Gasteiger partial charge on any atom is 0.0513 e. The van der Waals surface area contributed by atoms with Gasteiger partial charge >= 0.3 is 0 Å². The van der Waals surface area contributed by atoms with Gasteiger partial charge in [-0.1, -0.05) is 51.2 Å². The number of nitrogens with zero attached hydrogens (tertiary/aromatic N) is 1. The van der Waals surface area contributed by atoms with Gasteiger partial charge in [0.15, 0.2) is 0 Å². The van der Waals surface area contributed by atoms with Crippen LogP contribution in [-0.4, -0.2) is 44.0 Å². The summed E-state index contributed by atoms with van der Waals surface area (Å²) in [6.07, 6.45) is 1.26. The summed E-state index contributed by atoms with van der Waals surface area (Å²) in [4.78, 5) is 2.77. The van der Waals surface area contributed by atoms with E-state index in [4.69, 9.17) is 0 Å². The van der Waals surface area contributed by atoms with E-state index < -0.39 is 8.80 Å². The highest BCUT2D eigenvalue weighted by Gasteiger charge is 2.24. The van der Waals surface area contributed by atoms with Crippen LogP contribution < -0.4 is 0 Å². The average molecular weight is 308 g/mol. The van der Waals surface area contributed by atoms with Crippen molar-refractivity contribution in [2.45, 2.75) is 44.9 Å². The predicted octanol–water partition coefficient (Wildman–Crippen LogP) is 3.80. The van der Waals surface area contributed by atoms with Crippen LogP contribution in [0.25, 0.3) is 0 Å². The Morgan fingerprint density at radius 3 is 2.20 bits per heavy atom. The zero-order chi connectivity index (χ0) is 14.5. The molecule has 2 rings (SSSR count). The molecule has 0 aliphatic carbocycles. The molecule has 0 saturated carbocycles. The lowest BCUT2D eigenvalue weighted by atomic mass is 10.0. The van der Waals surface area contributed by atoms with Crippen molar-refractivity contribution in [2.24, 2.45) is 0 Å². The van der Waals surface area contributed by atoms with Gasteiger partial charge in [0.25, 0.3) is 0 Å². The van der Waals surface area contributed by atoms with Crippen LogP contribution in [-0.2, 0) is 6.42 Å². The van der Waals surface area contributed by atoms with Crippen LogP contribution in [0.2, 0.25) is 13.1 Å². The smallest absolute Gasteiger partial charge is 0.0513 e. The summed E-state index contributed by atoms with van der Waals surface area (Å²) in [6, 6.07) is 9.37. The minimum absolute atomic E-state index is 0.637. The van der Waals surface area contributed by atoms with E-state index >= 15 is 0 Å². The molecular weight excluding hydrogens is 278 g/mol. The monoisotopic (exact) mass is 307 g/mol. The zero-order valence-corrected chi connectivity index (χ0v) is 15.4. The Morgan fingerprint density at radius 1 is 1.10 bits per heavy atom. The molecule has 1 aliphatic heterocycles. The molecule has 0 bridgehead atoms. The molecule has 20 heavy (non-hydrogen) atoms. The van der Waals surface area contributed by atoms with Crippen LogP contribution in [0.4, 0.5) is 0 Å². The molecule has 1 atom stereocenters. The third kappa shape index (κ3) is 4.37. The van der Waals surface area contributed by atoms with E-state index in [0.717, 1.165) is 5.67 Å². The lowest BCUT2D eigenvalue weighted by molar-refractivity contribution is 0.270. The lowest BCUT2D eigenvalue weighted by Crippen LogP contribution is -2.48. The Labute approximate surface area is 130 Å². The first-order chi connectivity index (χ1) is 9.58. The van der Waals surface area contributed by atoms with Crippen molar-refractivity contribution < 1.29 is 0 Å². The molecule has 1 fully saturated rings. The van der Waals surface area contributed by atoms with E-state index in [0.29, 0.717) is 5.92 Å². The molecule has 1 saturated heterocycles. The quantitative estimate of drug-likeness (QED) is 0.761. The summed E-state index contributed by atoms with van der Waals surface area (Å²) in [6.45, 7) is 12.1. The van der Waals surface area contributed by atoms with Crippen molar-refractivity contribution in [2.75, 3.05) is 24.6 Å².